The van der Waals surface area contributed by atoms with Crippen molar-refractivity contribution in [2.45, 2.75) is 26.3 Å². The Morgan fingerprint density at radius 1 is 1.00 bits per heavy atom. The van der Waals surface area contributed by atoms with Crippen LogP contribution in [0.2, 0.25) is 0 Å². The molecule has 22 heavy (non-hydrogen) atoms. The van der Waals surface area contributed by atoms with Gasteiger partial charge in [-0.15, -0.1) is 0 Å². The van der Waals surface area contributed by atoms with Gasteiger partial charge in [-0.05, 0) is 6.42 Å². The third-order valence-corrected chi connectivity index (χ3v) is 3.24. The molecule has 0 fully saturated rings. The molecule has 0 saturated carbocycles. The van der Waals surface area contributed by atoms with Gasteiger partial charge in [-0.1, -0.05) is 13.3 Å². The van der Waals surface area contributed by atoms with Gasteiger partial charge in [0.2, 0.25) is 0 Å². The number of fused-ring (bicyclic) bond motifs is 2. The third kappa shape index (κ3) is 2.14. The number of rotatable bonds is 3. The summed E-state index contributed by atoms with van der Waals surface area (Å²) in [6.07, 6.45) is 1.54. The lowest BCUT2D eigenvalue weighted by atomic mass is 10.3. The molecule has 0 spiro atoms. The summed E-state index contributed by atoms with van der Waals surface area (Å²) in [7, 11) is 0. The molecule has 1 aromatic heterocycles. The minimum Gasteiger partial charge on any atom is -0.308 e. The van der Waals surface area contributed by atoms with Crippen molar-refractivity contribution in [3.63, 3.8) is 0 Å². The van der Waals surface area contributed by atoms with E-state index in [-0.39, 0.29) is 22.7 Å². The van der Waals surface area contributed by atoms with Crippen molar-refractivity contribution in [3.8, 4) is 11.5 Å². The second-order valence-electron chi connectivity index (χ2n) is 4.77. The first-order valence-corrected chi connectivity index (χ1v) is 6.68. The Balaban J connectivity index is 2.56. The summed E-state index contributed by atoms with van der Waals surface area (Å²) >= 11 is 0. The first-order valence-electron chi connectivity index (χ1n) is 6.68. The molecule has 0 radical (unpaired) electrons. The topological polar surface area (TPSA) is 146 Å². The van der Waals surface area contributed by atoms with Crippen LogP contribution in [-0.2, 0) is 6.54 Å². The van der Waals surface area contributed by atoms with Crippen LogP contribution in [0.3, 0.4) is 0 Å². The second-order valence-corrected chi connectivity index (χ2v) is 4.77. The largest absolute Gasteiger partial charge is 0.349 e. The summed E-state index contributed by atoms with van der Waals surface area (Å²) in [5, 5.41) is 0. The van der Waals surface area contributed by atoms with E-state index in [1.54, 1.807) is 0 Å². The zero-order valence-corrected chi connectivity index (χ0v) is 11.6. The zero-order chi connectivity index (χ0) is 15.9. The quantitative estimate of drug-likeness (QED) is 0.516. The van der Waals surface area contributed by atoms with Crippen molar-refractivity contribution >= 4 is 11.2 Å². The van der Waals surface area contributed by atoms with Crippen LogP contribution in [0, 0.1) is 0 Å². The van der Waals surface area contributed by atoms with Gasteiger partial charge < -0.3 is 4.57 Å². The third-order valence-electron chi connectivity index (χ3n) is 3.24. The number of nitrogens with one attached hydrogen (secondary N) is 3. The van der Waals surface area contributed by atoms with Gasteiger partial charge in [-0.3, -0.25) is 24.5 Å². The summed E-state index contributed by atoms with van der Waals surface area (Å²) in [6.45, 7) is 2.34. The van der Waals surface area contributed by atoms with E-state index in [1.165, 1.54) is 4.57 Å². The molecule has 3 N–H and O–H groups in total. The second kappa shape index (κ2) is 5.06. The van der Waals surface area contributed by atoms with Crippen LogP contribution in [0.4, 0.5) is 0 Å². The molecular formula is C12H12N6O4. The van der Waals surface area contributed by atoms with Gasteiger partial charge in [0, 0.05) is 6.54 Å². The van der Waals surface area contributed by atoms with E-state index in [0.29, 0.717) is 13.0 Å². The fraction of sp³-hybridized carbons (Fsp3) is 0.333. The number of aromatic amines is 3. The van der Waals surface area contributed by atoms with E-state index in [1.807, 2.05) is 11.9 Å². The molecule has 2 aliphatic heterocycles. The van der Waals surface area contributed by atoms with Crippen molar-refractivity contribution in [1.82, 2.24) is 29.5 Å². The molecule has 0 saturated heterocycles. The Morgan fingerprint density at radius 2 is 1.77 bits per heavy atom. The highest BCUT2D eigenvalue weighted by Gasteiger charge is 2.20. The van der Waals surface area contributed by atoms with Crippen molar-refractivity contribution < 1.29 is 0 Å². The lowest BCUT2D eigenvalue weighted by Crippen LogP contribution is -2.32. The number of aryl methyl sites for hydroxylation is 1. The average Bonchev–Trinajstić information content (AvgIpc) is 2.44. The van der Waals surface area contributed by atoms with Crippen molar-refractivity contribution in [3.05, 3.63) is 41.7 Å². The van der Waals surface area contributed by atoms with Gasteiger partial charge in [-0.2, -0.15) is 4.98 Å². The smallest absolute Gasteiger partial charge is 0.308 e. The number of unbranched alkanes of at least 4 members (excludes halogenated alkanes) is 1. The standard InChI is InChI=1S/C12H12N6O4/c1-2-3-4-18-7-5(9(19)16-11(21)14-7)13-6-8(18)15-12(22)17-10(6)20/h2-4H2,1H3,(H,16,19,21)(H2,15,17,20,22). The van der Waals surface area contributed by atoms with Gasteiger partial charge in [-0.25, -0.2) is 14.6 Å². The maximum atomic E-state index is 11.9. The number of hydrogen-bond acceptors (Lipinski definition) is 6. The van der Waals surface area contributed by atoms with Crippen LogP contribution < -0.4 is 22.5 Å². The van der Waals surface area contributed by atoms with E-state index in [9.17, 15) is 19.2 Å². The molecule has 0 aromatic carbocycles. The van der Waals surface area contributed by atoms with Gasteiger partial charge in [0.25, 0.3) is 11.1 Å². The zero-order valence-electron chi connectivity index (χ0n) is 11.6. The molecule has 3 rings (SSSR count). The molecule has 0 amide bonds. The average molecular weight is 304 g/mol. The highest BCUT2D eigenvalue weighted by molar-refractivity contribution is 5.74. The molecule has 0 bridgehead atoms. The van der Waals surface area contributed by atoms with Gasteiger partial charge in [0.05, 0.1) is 0 Å². The number of nitrogens with zero attached hydrogens (tertiary/aromatic N) is 3. The molecule has 10 heteroatoms. The van der Waals surface area contributed by atoms with E-state index in [2.05, 4.69) is 19.9 Å². The molecule has 114 valence electrons. The SMILES string of the molecule is CCCCn1c2nc(=O)[nH]c(=O)c-2nc2c(=O)[nH]c(=O)[nH]c21. The normalized spacial score (nSPS) is 11.3. The number of hydrogen-bond donors (Lipinski definition) is 3. The highest BCUT2D eigenvalue weighted by atomic mass is 16.2. The van der Waals surface area contributed by atoms with Crippen molar-refractivity contribution in [2.75, 3.05) is 0 Å². The van der Waals surface area contributed by atoms with Crippen molar-refractivity contribution in [1.29, 1.82) is 0 Å². The summed E-state index contributed by atoms with van der Waals surface area (Å²) in [4.78, 5) is 61.0. The number of aromatic nitrogens is 6. The van der Waals surface area contributed by atoms with Crippen LogP contribution in [0.1, 0.15) is 19.8 Å². The van der Waals surface area contributed by atoms with Crippen LogP contribution in [-0.4, -0.2) is 29.5 Å². The van der Waals surface area contributed by atoms with Crippen LogP contribution >= 0.6 is 0 Å². The first-order chi connectivity index (χ1) is 10.5. The molecular weight excluding hydrogens is 292 g/mol. The van der Waals surface area contributed by atoms with Crippen LogP contribution in [0.5, 0.6) is 0 Å². The summed E-state index contributed by atoms with van der Waals surface area (Å²) in [6, 6.07) is 0. The monoisotopic (exact) mass is 304 g/mol. The maximum absolute atomic E-state index is 11.9. The first kappa shape index (κ1) is 13.9. The molecule has 2 aliphatic rings. The van der Waals surface area contributed by atoms with Gasteiger partial charge in [0.1, 0.15) is 5.65 Å². The Hall–Kier alpha value is -3.04. The molecule has 0 aliphatic carbocycles. The fourth-order valence-corrected chi connectivity index (χ4v) is 2.24. The van der Waals surface area contributed by atoms with E-state index in [4.69, 9.17) is 0 Å². The van der Waals surface area contributed by atoms with Crippen LogP contribution in [0.25, 0.3) is 22.7 Å². The van der Waals surface area contributed by atoms with E-state index in [0.717, 1.165) is 6.42 Å². The molecule has 3 heterocycles. The van der Waals surface area contributed by atoms with Gasteiger partial charge in [0.15, 0.2) is 17.0 Å². The lowest BCUT2D eigenvalue weighted by molar-refractivity contribution is 0.632. The van der Waals surface area contributed by atoms with E-state index < -0.39 is 22.5 Å². The Morgan fingerprint density at radius 3 is 2.50 bits per heavy atom. The van der Waals surface area contributed by atoms with Crippen molar-refractivity contribution in [2.24, 2.45) is 0 Å². The summed E-state index contributed by atoms with van der Waals surface area (Å²) < 4.78 is 1.47. The highest BCUT2D eigenvalue weighted by Crippen LogP contribution is 2.16. The summed E-state index contributed by atoms with van der Waals surface area (Å²) in [5.74, 6) is 0.0379. The molecule has 0 atom stereocenters. The Kier molecular flexibility index (Phi) is 3.20. The Labute approximate surface area is 121 Å². The van der Waals surface area contributed by atoms with E-state index >= 15 is 0 Å². The predicted molar refractivity (Wildman–Crippen MR) is 77.2 cm³/mol. The molecule has 1 aromatic rings. The minimum atomic E-state index is -0.809. The lowest BCUT2D eigenvalue weighted by Gasteiger charge is -2.14. The number of H-pyrrole nitrogens is 3. The predicted octanol–water partition coefficient (Wildman–Crippen LogP) is -1.24. The summed E-state index contributed by atoms with van der Waals surface area (Å²) in [5.41, 5.74) is -3.03. The van der Waals surface area contributed by atoms with Gasteiger partial charge >= 0.3 is 11.4 Å². The fourth-order valence-electron chi connectivity index (χ4n) is 2.24. The Bertz CT molecular complexity index is 1050. The minimum absolute atomic E-state index is 0.0379. The van der Waals surface area contributed by atoms with Crippen LogP contribution in [0.15, 0.2) is 19.2 Å². The molecule has 10 nitrogen and oxygen atoms in total. The maximum Gasteiger partial charge on any atom is 0.349 e. The molecule has 0 unspecified atom stereocenters.